The van der Waals surface area contributed by atoms with Crippen molar-refractivity contribution in [1.29, 1.82) is 0 Å². The van der Waals surface area contributed by atoms with Gasteiger partial charge in [-0.1, -0.05) is 412 Å². The number of carbonyl (C=O) groups excluding carboxylic acids is 2. The summed E-state index contributed by atoms with van der Waals surface area (Å²) in [4.78, 5) is 24.6. The largest absolute Gasteiger partial charge is 0.466 e. The molecule has 0 aromatic heterocycles. The molecular weight excluding hydrogens is 1010 g/mol. The third kappa shape index (κ3) is 68.0. The highest BCUT2D eigenvalue weighted by molar-refractivity contribution is 5.76. The van der Waals surface area contributed by atoms with Gasteiger partial charge in [0.05, 0.1) is 25.4 Å². The summed E-state index contributed by atoms with van der Waals surface area (Å²) in [5.41, 5.74) is 0. The summed E-state index contributed by atoms with van der Waals surface area (Å²) in [7, 11) is 0. The maximum absolute atomic E-state index is 12.6. The van der Waals surface area contributed by atoms with Crippen LogP contribution in [0.1, 0.15) is 450 Å². The van der Waals surface area contributed by atoms with Gasteiger partial charge in [0.1, 0.15) is 0 Å². The van der Waals surface area contributed by atoms with Gasteiger partial charge in [0.25, 0.3) is 0 Å². The molecule has 6 nitrogen and oxygen atoms in total. The van der Waals surface area contributed by atoms with Crippen molar-refractivity contribution in [3.05, 3.63) is 0 Å². The Bertz CT molecular complexity index is 1200. The van der Waals surface area contributed by atoms with E-state index in [4.69, 9.17) is 4.74 Å². The zero-order valence-electron chi connectivity index (χ0n) is 56.3. The highest BCUT2D eigenvalue weighted by Gasteiger charge is 2.20. The number of nitrogens with one attached hydrogen (secondary N) is 1. The third-order valence-corrected chi connectivity index (χ3v) is 18.4. The normalized spacial score (nSPS) is 12.4. The highest BCUT2D eigenvalue weighted by Crippen LogP contribution is 2.20. The first-order chi connectivity index (χ1) is 40.5. The van der Waals surface area contributed by atoms with E-state index in [0.717, 1.165) is 38.5 Å². The molecule has 3 N–H and O–H groups in total. The van der Waals surface area contributed by atoms with Crippen LogP contribution >= 0.6 is 0 Å². The van der Waals surface area contributed by atoms with E-state index in [1.54, 1.807) is 0 Å². The van der Waals surface area contributed by atoms with Crippen molar-refractivity contribution in [2.75, 3.05) is 13.2 Å². The van der Waals surface area contributed by atoms with E-state index in [-0.39, 0.29) is 18.5 Å². The second kappa shape index (κ2) is 72.3. The number of carbonyl (C=O) groups is 2. The van der Waals surface area contributed by atoms with Crippen molar-refractivity contribution in [1.82, 2.24) is 5.32 Å². The summed E-state index contributed by atoms with van der Waals surface area (Å²) in [5, 5.41) is 23.4. The number of unbranched alkanes of at least 4 members (excludes halogenated alkanes) is 62. The van der Waals surface area contributed by atoms with E-state index in [9.17, 15) is 19.8 Å². The van der Waals surface area contributed by atoms with Gasteiger partial charge in [0, 0.05) is 12.8 Å². The minimum Gasteiger partial charge on any atom is -0.466 e. The van der Waals surface area contributed by atoms with Crippen LogP contribution in [0.3, 0.4) is 0 Å². The van der Waals surface area contributed by atoms with Gasteiger partial charge in [0.2, 0.25) is 5.91 Å². The average molecular weight is 1160 g/mol. The lowest BCUT2D eigenvalue weighted by Crippen LogP contribution is -2.45. The van der Waals surface area contributed by atoms with E-state index in [0.29, 0.717) is 25.9 Å². The van der Waals surface area contributed by atoms with Crippen molar-refractivity contribution in [3.8, 4) is 0 Å². The molecule has 82 heavy (non-hydrogen) atoms. The Labute approximate surface area is 515 Å². The molecule has 1 amide bonds. The van der Waals surface area contributed by atoms with Gasteiger partial charge in [-0.05, 0) is 25.7 Å². The maximum atomic E-state index is 12.6. The fourth-order valence-electron chi connectivity index (χ4n) is 12.6. The quantitative estimate of drug-likeness (QED) is 0.0417. The number of amides is 1. The Kier molecular flexibility index (Phi) is 71.3. The highest BCUT2D eigenvalue weighted by atomic mass is 16.5. The molecule has 6 heteroatoms. The fourth-order valence-corrected chi connectivity index (χ4v) is 12.6. The van der Waals surface area contributed by atoms with Gasteiger partial charge < -0.3 is 20.3 Å². The zero-order valence-corrected chi connectivity index (χ0v) is 56.3. The topological polar surface area (TPSA) is 95.9 Å². The smallest absolute Gasteiger partial charge is 0.305 e. The molecule has 0 rings (SSSR count). The molecule has 0 radical (unpaired) electrons. The zero-order chi connectivity index (χ0) is 59.2. The van der Waals surface area contributed by atoms with Crippen LogP contribution in [0, 0.1) is 0 Å². The third-order valence-electron chi connectivity index (χ3n) is 18.4. The predicted molar refractivity (Wildman–Crippen MR) is 361 cm³/mol. The molecule has 0 fully saturated rings. The van der Waals surface area contributed by atoms with E-state index < -0.39 is 12.1 Å². The van der Waals surface area contributed by atoms with Gasteiger partial charge in [0.15, 0.2) is 0 Å². The second-order valence-corrected chi connectivity index (χ2v) is 26.7. The van der Waals surface area contributed by atoms with Crippen molar-refractivity contribution < 1.29 is 24.5 Å². The summed E-state index contributed by atoms with van der Waals surface area (Å²) in [6, 6.07) is -0.537. The molecule has 0 aromatic carbocycles. The van der Waals surface area contributed by atoms with Gasteiger partial charge >= 0.3 is 5.97 Å². The first-order valence-corrected chi connectivity index (χ1v) is 38.3. The van der Waals surface area contributed by atoms with Crippen LogP contribution in [-0.4, -0.2) is 47.4 Å². The van der Waals surface area contributed by atoms with Crippen molar-refractivity contribution in [2.45, 2.75) is 463 Å². The number of hydrogen-bond donors (Lipinski definition) is 3. The minimum absolute atomic E-state index is 0.0237. The number of esters is 1. The molecule has 490 valence electrons. The lowest BCUT2D eigenvalue weighted by Gasteiger charge is -2.22. The molecule has 0 saturated carbocycles. The molecule has 0 spiro atoms. The Balaban J connectivity index is 3.31. The fraction of sp³-hybridized carbons (Fsp3) is 0.974. The Morgan fingerprint density at radius 1 is 0.293 bits per heavy atom. The summed E-state index contributed by atoms with van der Waals surface area (Å²) in [6.07, 6.45) is 89.0. The van der Waals surface area contributed by atoms with Crippen LogP contribution in [-0.2, 0) is 14.3 Å². The SMILES string of the molecule is CCCCCCCCCCCCCCCCCCCCCCC(O)C(CO)NC(=O)CCCCCCCCCCCCCCCCCCCCCCCCCCCCCCCCCCCOC(=O)CCCCCCCCCCCCCC. The molecular formula is C76H151NO5. The molecule has 0 aliphatic rings. The molecule has 0 heterocycles. The van der Waals surface area contributed by atoms with E-state index in [1.807, 2.05) is 0 Å². The van der Waals surface area contributed by atoms with Crippen molar-refractivity contribution in [2.24, 2.45) is 0 Å². The van der Waals surface area contributed by atoms with Crippen LogP contribution in [0.5, 0.6) is 0 Å². The average Bonchev–Trinajstić information content (AvgIpc) is 3.48. The molecule has 0 saturated heterocycles. The van der Waals surface area contributed by atoms with Gasteiger partial charge in [-0.3, -0.25) is 9.59 Å². The molecule has 0 aliphatic carbocycles. The van der Waals surface area contributed by atoms with Gasteiger partial charge in [-0.2, -0.15) is 0 Å². The van der Waals surface area contributed by atoms with E-state index in [2.05, 4.69) is 19.2 Å². The van der Waals surface area contributed by atoms with Gasteiger partial charge in [-0.25, -0.2) is 0 Å². The molecule has 0 aliphatic heterocycles. The van der Waals surface area contributed by atoms with Crippen LogP contribution in [0.4, 0.5) is 0 Å². The van der Waals surface area contributed by atoms with Crippen LogP contribution in [0.25, 0.3) is 0 Å². The summed E-state index contributed by atoms with van der Waals surface area (Å²) >= 11 is 0. The second-order valence-electron chi connectivity index (χ2n) is 26.7. The predicted octanol–water partition coefficient (Wildman–Crippen LogP) is 24.9. The summed E-state index contributed by atoms with van der Waals surface area (Å²) < 4.78 is 5.49. The van der Waals surface area contributed by atoms with Crippen LogP contribution in [0.2, 0.25) is 0 Å². The maximum Gasteiger partial charge on any atom is 0.305 e. The number of ether oxygens (including phenoxy) is 1. The number of aliphatic hydroxyl groups excluding tert-OH is 2. The van der Waals surface area contributed by atoms with Crippen molar-refractivity contribution in [3.63, 3.8) is 0 Å². The number of hydrogen-bond acceptors (Lipinski definition) is 5. The van der Waals surface area contributed by atoms with Crippen LogP contribution in [0.15, 0.2) is 0 Å². The standard InChI is InChI=1S/C76H151NO5/c1-3-5-7-9-11-13-15-17-18-19-20-36-39-42-45-48-52-56-60-64-68-74(79)73(72-78)77-75(80)69-65-61-57-53-49-46-43-40-37-34-32-30-28-26-24-22-21-23-25-27-29-31-33-35-38-41-44-47-51-55-59-63-67-71-82-76(81)70-66-62-58-54-50-16-14-12-10-8-6-4-2/h73-74,78-79H,3-72H2,1-2H3,(H,77,80). The molecule has 2 unspecified atom stereocenters. The van der Waals surface area contributed by atoms with Crippen molar-refractivity contribution >= 4 is 11.9 Å². The first kappa shape index (κ1) is 80.9. The lowest BCUT2D eigenvalue weighted by atomic mass is 10.0. The molecule has 2 atom stereocenters. The monoisotopic (exact) mass is 1160 g/mol. The summed E-state index contributed by atoms with van der Waals surface area (Å²) in [6.45, 7) is 5.01. The summed E-state index contributed by atoms with van der Waals surface area (Å²) in [5.74, 6) is -0.000774. The van der Waals surface area contributed by atoms with E-state index >= 15 is 0 Å². The molecule has 0 bridgehead atoms. The minimum atomic E-state index is -0.661. The lowest BCUT2D eigenvalue weighted by molar-refractivity contribution is -0.143. The molecule has 0 aromatic rings. The first-order valence-electron chi connectivity index (χ1n) is 38.3. The van der Waals surface area contributed by atoms with E-state index in [1.165, 1.54) is 379 Å². The Morgan fingerprint density at radius 2 is 0.500 bits per heavy atom. The van der Waals surface area contributed by atoms with Gasteiger partial charge in [-0.15, -0.1) is 0 Å². The number of rotatable bonds is 73. The number of aliphatic hydroxyl groups is 2. The van der Waals surface area contributed by atoms with Crippen LogP contribution < -0.4 is 5.32 Å². The Morgan fingerprint density at radius 3 is 0.744 bits per heavy atom. The Hall–Kier alpha value is -1.14.